The monoisotopic (exact) mass is 1200 g/mol. The summed E-state index contributed by atoms with van der Waals surface area (Å²) in [7, 11) is 6.53. The van der Waals surface area contributed by atoms with Gasteiger partial charge in [-0.1, -0.05) is 69.3 Å². The summed E-state index contributed by atoms with van der Waals surface area (Å²) in [4.78, 5) is 96.2. The lowest BCUT2D eigenvalue weighted by atomic mass is 9.79. The van der Waals surface area contributed by atoms with E-state index in [-0.39, 0.29) is 37.6 Å². The topological polar surface area (TPSA) is 164 Å². The van der Waals surface area contributed by atoms with E-state index in [2.05, 4.69) is 44.7 Å². The number of benzene rings is 2. The van der Waals surface area contributed by atoms with Crippen molar-refractivity contribution in [3.8, 4) is 11.1 Å². The number of methoxy groups -OCH3 is 1. The Labute approximate surface area is 490 Å². The van der Waals surface area contributed by atoms with Crippen LogP contribution in [0.25, 0.3) is 11.1 Å². The SMILES string of the molecule is COCCOCCN1CCN(c2ccc(-c3ccc(Cl)cc3C[C@H]3C(=O)N(C)CCCCCCC[C@H](N(C)CC(=O)C(NC(=O)[C@@H]4C[C@@H](F)CN4C(=O)C(CCF)(CCF)C(F)(F)F)C4CC4)C(=O)N[C@@H](CC(C)C)C(=O)N3C)cc2)CC1. The van der Waals surface area contributed by atoms with Crippen LogP contribution in [0, 0.1) is 17.3 Å². The van der Waals surface area contributed by atoms with Crippen molar-refractivity contribution in [2.24, 2.45) is 17.3 Å². The highest BCUT2D eigenvalue weighted by Crippen LogP contribution is 2.47. The Morgan fingerprint density at radius 1 is 0.855 bits per heavy atom. The van der Waals surface area contributed by atoms with Gasteiger partial charge in [-0.25, -0.2) is 4.39 Å². The van der Waals surface area contributed by atoms with Gasteiger partial charge in [0, 0.05) is 84.0 Å². The van der Waals surface area contributed by atoms with E-state index in [0.717, 1.165) is 67.9 Å². The normalized spacial score (nSPS) is 22.8. The molecule has 464 valence electrons. The van der Waals surface area contributed by atoms with E-state index < -0.39 is 122 Å². The van der Waals surface area contributed by atoms with Crippen LogP contribution in [0.3, 0.4) is 0 Å². The Bertz CT molecular complexity index is 2460. The third-order valence-corrected chi connectivity index (χ3v) is 17.2. The van der Waals surface area contributed by atoms with Gasteiger partial charge in [0.2, 0.25) is 29.5 Å². The van der Waals surface area contributed by atoms with Crippen LogP contribution in [0.5, 0.6) is 0 Å². The first kappa shape index (κ1) is 67.1. The lowest BCUT2D eigenvalue weighted by Gasteiger charge is -2.38. The van der Waals surface area contributed by atoms with Gasteiger partial charge in [0.15, 0.2) is 5.78 Å². The number of Topliss-reactive ketones (excluding diaryl/α,β-unsaturated/α-hetero) is 1. The van der Waals surface area contributed by atoms with Crippen molar-refractivity contribution in [3.05, 3.63) is 53.1 Å². The lowest BCUT2D eigenvalue weighted by molar-refractivity contribution is -0.233. The molecule has 23 heteroatoms. The van der Waals surface area contributed by atoms with Crippen LogP contribution in [0.4, 0.5) is 32.0 Å². The van der Waals surface area contributed by atoms with Crippen LogP contribution in [0.2, 0.25) is 5.02 Å². The van der Waals surface area contributed by atoms with Crippen molar-refractivity contribution >= 4 is 52.6 Å². The first-order chi connectivity index (χ1) is 39.5. The molecule has 3 heterocycles. The third kappa shape index (κ3) is 18.0. The van der Waals surface area contributed by atoms with E-state index in [1.165, 1.54) is 9.80 Å². The molecule has 83 heavy (non-hydrogen) atoms. The van der Waals surface area contributed by atoms with E-state index in [0.29, 0.717) is 68.4 Å². The number of hydrogen-bond acceptors (Lipinski definition) is 11. The number of carbonyl (C=O) groups is 6. The molecular weight excluding hydrogens is 1110 g/mol. The van der Waals surface area contributed by atoms with Gasteiger partial charge < -0.3 is 39.7 Å². The van der Waals surface area contributed by atoms with Gasteiger partial charge in [-0.3, -0.25) is 47.3 Å². The predicted molar refractivity (Wildman–Crippen MR) is 306 cm³/mol. The Morgan fingerprint density at radius 2 is 1.52 bits per heavy atom. The van der Waals surface area contributed by atoms with Gasteiger partial charge in [-0.2, -0.15) is 13.2 Å². The van der Waals surface area contributed by atoms with Crippen molar-refractivity contribution in [3.63, 3.8) is 0 Å². The second kappa shape index (κ2) is 31.4. The van der Waals surface area contributed by atoms with Crippen LogP contribution in [0.15, 0.2) is 42.5 Å². The average Bonchev–Trinajstić information content (AvgIpc) is 4.44. The number of hydrogen-bond donors (Lipinski definition) is 2. The summed E-state index contributed by atoms with van der Waals surface area (Å²) in [6, 6.07) is 7.73. The van der Waals surface area contributed by atoms with Gasteiger partial charge >= 0.3 is 6.18 Å². The third-order valence-electron chi connectivity index (χ3n) is 16.9. The molecule has 1 unspecified atom stereocenters. The molecule has 2 aromatic rings. The summed E-state index contributed by atoms with van der Waals surface area (Å²) in [5.41, 5.74) is 0.0429. The summed E-state index contributed by atoms with van der Waals surface area (Å²) in [6.45, 7) is 5.85. The highest BCUT2D eigenvalue weighted by atomic mass is 35.5. The summed E-state index contributed by atoms with van der Waals surface area (Å²) in [6.07, 6.45) is -5.77. The number of ketones is 1. The molecule has 2 aromatic carbocycles. The molecule has 0 spiro atoms. The molecule has 0 aromatic heterocycles. The number of likely N-dealkylation sites (tertiary alicyclic amines) is 1. The Kier molecular flexibility index (Phi) is 25.4. The number of nitrogens with zero attached hydrogens (tertiary/aromatic N) is 6. The van der Waals surface area contributed by atoms with E-state index in [1.807, 2.05) is 26.0 Å². The first-order valence-corrected chi connectivity index (χ1v) is 29.8. The zero-order chi connectivity index (χ0) is 60.6. The minimum atomic E-state index is -5.42. The second-order valence-corrected chi connectivity index (χ2v) is 23.9. The molecular formula is C60H87ClF6N8O8. The van der Waals surface area contributed by atoms with Gasteiger partial charge in [0.05, 0.1) is 58.3 Å². The van der Waals surface area contributed by atoms with Crippen LogP contribution >= 0.6 is 11.6 Å². The van der Waals surface area contributed by atoms with Crippen molar-refractivity contribution in [2.45, 2.75) is 140 Å². The van der Waals surface area contributed by atoms with E-state index in [9.17, 15) is 45.9 Å². The first-order valence-electron chi connectivity index (χ1n) is 29.5. The molecule has 4 aliphatic rings. The highest BCUT2D eigenvalue weighted by molar-refractivity contribution is 6.30. The summed E-state index contributed by atoms with van der Waals surface area (Å²) in [5.74, 6) is -5.24. The molecule has 1 saturated carbocycles. The maximum atomic E-state index is 15.0. The summed E-state index contributed by atoms with van der Waals surface area (Å²) in [5, 5.41) is 6.04. The quantitative estimate of drug-likeness (QED) is 0.0792. The minimum absolute atomic E-state index is 0.102. The number of amides is 5. The highest BCUT2D eigenvalue weighted by Gasteiger charge is 2.62. The number of nitrogens with one attached hydrogen (secondary N) is 2. The maximum Gasteiger partial charge on any atom is 0.403 e. The number of halogens is 7. The van der Waals surface area contributed by atoms with E-state index >= 15 is 9.18 Å². The Balaban J connectivity index is 1.19. The number of likely N-dealkylation sites (N-methyl/N-ethyl adjacent to an activating group) is 3. The number of carbonyl (C=O) groups excluding carboxylic acids is 6. The predicted octanol–water partition coefficient (Wildman–Crippen LogP) is 7.48. The molecule has 6 rings (SSSR count). The molecule has 1 aliphatic carbocycles. The number of alkyl halides is 6. The summed E-state index contributed by atoms with van der Waals surface area (Å²) >= 11 is 6.70. The standard InChI is InChI=1S/C60H87ClF6N8O8/c1-40(2)34-48-56(79)72(5)51(36-43-35-44(61)17-20-47(43)41-15-18-46(19-16-41)74-28-26-73(27-29-74)30-31-83-33-32-82-6)57(80)70(3)25-11-9-7-8-10-12-49(54(77)68-48)71(4)39-52(76)53(42-13-14-42)69-55(78)50-37-45(64)38-75(50)58(81)59(21-23-62,22-24-63)60(65,66)67/h15-20,35,40,42,45,48-51,53H,7-14,21-34,36-39H2,1-6H3,(H,68,77)(H,69,78)/t45-,48+,49+,50+,51+,53?/m1/s1. The minimum Gasteiger partial charge on any atom is -0.382 e. The average molecular weight is 1200 g/mol. The van der Waals surface area contributed by atoms with Gasteiger partial charge in [0.1, 0.15) is 29.7 Å². The summed E-state index contributed by atoms with van der Waals surface area (Å²) < 4.78 is 96.5. The zero-order valence-corrected chi connectivity index (χ0v) is 49.9. The van der Waals surface area contributed by atoms with Crippen molar-refractivity contribution < 1.29 is 64.6 Å². The Hall–Kier alpha value is -5.03. The van der Waals surface area contributed by atoms with Gasteiger partial charge in [-0.15, -0.1) is 0 Å². The molecule has 3 saturated heterocycles. The molecule has 2 N–H and O–H groups in total. The fourth-order valence-electron chi connectivity index (χ4n) is 11.8. The number of piperazine rings is 1. The zero-order valence-electron chi connectivity index (χ0n) is 49.1. The number of ether oxygens (including phenoxy) is 2. The van der Waals surface area contributed by atoms with Crippen molar-refractivity contribution in [2.75, 3.05) is 119 Å². The molecule has 16 nitrogen and oxygen atoms in total. The second-order valence-electron chi connectivity index (χ2n) is 23.4. The molecule has 4 fully saturated rings. The van der Waals surface area contributed by atoms with Crippen LogP contribution in [0.1, 0.15) is 96.5 Å². The van der Waals surface area contributed by atoms with Crippen LogP contribution < -0.4 is 15.5 Å². The van der Waals surface area contributed by atoms with E-state index in [1.54, 1.807) is 39.2 Å². The van der Waals surface area contributed by atoms with Crippen LogP contribution in [-0.4, -0.2) is 216 Å². The smallest absolute Gasteiger partial charge is 0.382 e. The van der Waals surface area contributed by atoms with Crippen molar-refractivity contribution in [1.29, 1.82) is 0 Å². The van der Waals surface area contributed by atoms with Gasteiger partial charge in [-0.05, 0) is 105 Å². The van der Waals surface area contributed by atoms with E-state index in [4.69, 9.17) is 21.1 Å². The largest absolute Gasteiger partial charge is 0.403 e. The molecule has 5 amide bonds. The van der Waals surface area contributed by atoms with Crippen molar-refractivity contribution in [1.82, 2.24) is 35.1 Å². The fourth-order valence-corrected chi connectivity index (χ4v) is 12.0. The number of anilines is 1. The molecule has 6 atom stereocenters. The van der Waals surface area contributed by atoms with Gasteiger partial charge in [0.25, 0.3) is 0 Å². The molecule has 0 bridgehead atoms. The lowest BCUT2D eigenvalue weighted by Crippen LogP contribution is -2.59. The molecule has 0 radical (unpaired) electrons. The number of rotatable bonds is 24. The van der Waals surface area contributed by atoms with Crippen LogP contribution in [-0.2, 0) is 44.7 Å². The fraction of sp³-hybridized carbons (Fsp3) is 0.700. The molecule has 3 aliphatic heterocycles. The Morgan fingerprint density at radius 3 is 2.14 bits per heavy atom. The maximum absolute atomic E-state index is 15.0.